The van der Waals surface area contributed by atoms with Crippen molar-refractivity contribution in [3.8, 4) is 0 Å². The molecule has 1 heterocycles. The monoisotopic (exact) mass is 419 g/mol. The molecule has 5 atom stereocenters. The minimum atomic E-state index is -1.02. The Morgan fingerprint density at radius 1 is 1.13 bits per heavy atom. The highest BCUT2D eigenvalue weighted by atomic mass is 16.6. The van der Waals surface area contributed by atoms with Crippen LogP contribution in [-0.4, -0.2) is 59.4 Å². The number of hydrogen-bond acceptors (Lipinski definition) is 7. The number of benzene rings is 1. The Labute approximate surface area is 176 Å². The number of nitrogens with zero attached hydrogens (tertiary/aromatic N) is 1. The van der Waals surface area contributed by atoms with Gasteiger partial charge in [-0.2, -0.15) is 0 Å². The lowest BCUT2D eigenvalue weighted by Gasteiger charge is -2.39. The number of amides is 1. The van der Waals surface area contributed by atoms with Gasteiger partial charge in [-0.25, -0.2) is 9.59 Å². The lowest BCUT2D eigenvalue weighted by molar-refractivity contribution is -0.165. The van der Waals surface area contributed by atoms with Crippen LogP contribution in [-0.2, 0) is 35.1 Å². The maximum absolute atomic E-state index is 13.1. The van der Waals surface area contributed by atoms with Gasteiger partial charge in [-0.15, -0.1) is 0 Å². The molecular formula is C22H29NO7. The number of morpholine rings is 1. The molecule has 0 unspecified atom stereocenters. The van der Waals surface area contributed by atoms with E-state index in [0.717, 1.165) is 5.56 Å². The smallest absolute Gasteiger partial charge is 0.411 e. The summed E-state index contributed by atoms with van der Waals surface area (Å²) in [6, 6.07) is 7.50. The first-order valence-electron chi connectivity index (χ1n) is 9.97. The Balaban J connectivity index is 1.85. The van der Waals surface area contributed by atoms with E-state index in [1.54, 1.807) is 34.6 Å². The number of fused-ring (bicyclic) bond motifs is 1. The molecule has 30 heavy (non-hydrogen) atoms. The molecule has 0 spiro atoms. The Kier molecular flexibility index (Phi) is 5.82. The number of carbonyl (C=O) groups is 3. The highest BCUT2D eigenvalue weighted by molar-refractivity contribution is 5.87. The first kappa shape index (κ1) is 22.1. The second kappa shape index (κ2) is 7.91. The van der Waals surface area contributed by atoms with Crippen molar-refractivity contribution in [1.29, 1.82) is 0 Å². The number of rotatable bonds is 4. The fourth-order valence-corrected chi connectivity index (χ4v) is 4.09. The van der Waals surface area contributed by atoms with Crippen LogP contribution < -0.4 is 0 Å². The molecule has 1 aromatic rings. The minimum absolute atomic E-state index is 0.0415. The summed E-state index contributed by atoms with van der Waals surface area (Å²) in [5.74, 6) is -1.83. The molecule has 0 aromatic heterocycles. The third kappa shape index (κ3) is 4.14. The van der Waals surface area contributed by atoms with Gasteiger partial charge in [0.2, 0.25) is 0 Å². The van der Waals surface area contributed by atoms with E-state index < -0.39 is 53.3 Å². The number of hydrogen-bond donors (Lipinski definition) is 0. The van der Waals surface area contributed by atoms with Gasteiger partial charge in [-0.1, -0.05) is 30.3 Å². The second-order valence-corrected chi connectivity index (χ2v) is 8.88. The number of ether oxygens (including phenoxy) is 4. The molecule has 1 aliphatic carbocycles. The van der Waals surface area contributed by atoms with Gasteiger partial charge >= 0.3 is 18.0 Å². The van der Waals surface area contributed by atoms with Crippen molar-refractivity contribution < 1.29 is 33.3 Å². The molecule has 2 fully saturated rings. The normalized spacial score (nSPS) is 30.1. The minimum Gasteiger partial charge on any atom is -0.467 e. The molecule has 8 nitrogen and oxygen atoms in total. The zero-order valence-electron chi connectivity index (χ0n) is 18.2. The molecular weight excluding hydrogens is 390 g/mol. The highest BCUT2D eigenvalue weighted by Gasteiger charge is 2.76. The maximum atomic E-state index is 13.1. The predicted molar refractivity (Wildman–Crippen MR) is 106 cm³/mol. The van der Waals surface area contributed by atoms with Crippen molar-refractivity contribution >= 4 is 18.0 Å². The fraction of sp³-hybridized carbons (Fsp3) is 0.591. The van der Waals surface area contributed by atoms with Crippen molar-refractivity contribution in [2.75, 3.05) is 7.11 Å². The molecule has 1 aromatic carbocycles. The van der Waals surface area contributed by atoms with Crippen LogP contribution in [0.4, 0.5) is 4.79 Å². The van der Waals surface area contributed by atoms with Crippen molar-refractivity contribution in [2.24, 2.45) is 5.92 Å². The maximum Gasteiger partial charge on any atom is 0.411 e. The molecule has 0 radical (unpaired) electrons. The molecule has 1 amide bonds. The molecule has 1 saturated carbocycles. The van der Waals surface area contributed by atoms with Crippen molar-refractivity contribution in [1.82, 2.24) is 4.90 Å². The second-order valence-electron chi connectivity index (χ2n) is 8.88. The van der Waals surface area contributed by atoms with Crippen LogP contribution in [0.3, 0.4) is 0 Å². The lowest BCUT2D eigenvalue weighted by atomic mass is 10.1. The van der Waals surface area contributed by atoms with E-state index >= 15 is 0 Å². The lowest BCUT2D eigenvalue weighted by Crippen LogP contribution is -2.59. The van der Waals surface area contributed by atoms with E-state index in [-0.39, 0.29) is 6.61 Å². The Morgan fingerprint density at radius 3 is 2.33 bits per heavy atom. The van der Waals surface area contributed by atoms with Crippen LogP contribution in [0.1, 0.15) is 40.2 Å². The zero-order chi connectivity index (χ0) is 22.3. The third-order valence-corrected chi connectivity index (χ3v) is 5.41. The summed E-state index contributed by atoms with van der Waals surface area (Å²) < 4.78 is 21.9. The van der Waals surface area contributed by atoms with Gasteiger partial charge < -0.3 is 18.9 Å². The molecule has 8 heteroatoms. The van der Waals surface area contributed by atoms with E-state index in [4.69, 9.17) is 18.9 Å². The first-order valence-corrected chi connectivity index (χ1v) is 9.97. The van der Waals surface area contributed by atoms with Gasteiger partial charge in [0.15, 0.2) is 6.04 Å². The molecule has 0 N–H and O–H groups in total. The van der Waals surface area contributed by atoms with Crippen molar-refractivity contribution in [3.63, 3.8) is 0 Å². The van der Waals surface area contributed by atoms with Crippen LogP contribution in [0.15, 0.2) is 30.3 Å². The van der Waals surface area contributed by atoms with E-state index in [0.29, 0.717) is 0 Å². The number of methoxy groups -OCH3 is 1. The zero-order valence-corrected chi connectivity index (χ0v) is 18.2. The summed E-state index contributed by atoms with van der Waals surface area (Å²) in [6.45, 7) is 8.77. The quantitative estimate of drug-likeness (QED) is 0.547. The van der Waals surface area contributed by atoms with Gasteiger partial charge in [-0.3, -0.25) is 9.69 Å². The molecule has 1 saturated heterocycles. The van der Waals surface area contributed by atoms with Crippen LogP contribution in [0.5, 0.6) is 0 Å². The van der Waals surface area contributed by atoms with Gasteiger partial charge in [-0.05, 0) is 40.2 Å². The number of carbonyl (C=O) groups excluding carboxylic acids is 3. The number of esters is 2. The highest BCUT2D eigenvalue weighted by Crippen LogP contribution is 2.56. The first-order chi connectivity index (χ1) is 14.0. The van der Waals surface area contributed by atoms with E-state index in [2.05, 4.69) is 0 Å². The van der Waals surface area contributed by atoms with E-state index in [1.807, 2.05) is 30.3 Å². The van der Waals surface area contributed by atoms with Gasteiger partial charge in [0.25, 0.3) is 0 Å². The standard InChI is InChI=1S/C22H29NO7/c1-13-16(19(25)27-6)23(20(26)28-12-14-10-8-7-9-11-14)17-15(22(17,5)29-13)18(24)30-21(2,3)4/h7-11,13,15-17H,12H2,1-6H3/t13-,15-,16+,17+,22-/m1/s1. The van der Waals surface area contributed by atoms with Gasteiger partial charge in [0, 0.05) is 0 Å². The van der Waals surface area contributed by atoms with Crippen LogP contribution in [0.25, 0.3) is 0 Å². The largest absolute Gasteiger partial charge is 0.467 e. The van der Waals surface area contributed by atoms with Crippen LogP contribution >= 0.6 is 0 Å². The summed E-state index contributed by atoms with van der Waals surface area (Å²) in [7, 11) is 1.24. The summed E-state index contributed by atoms with van der Waals surface area (Å²) in [5, 5.41) is 0. The summed E-state index contributed by atoms with van der Waals surface area (Å²) in [4.78, 5) is 39.6. The third-order valence-electron chi connectivity index (χ3n) is 5.41. The summed E-state index contributed by atoms with van der Waals surface area (Å²) >= 11 is 0. The molecule has 2 aliphatic rings. The Hall–Kier alpha value is -2.61. The fourth-order valence-electron chi connectivity index (χ4n) is 4.09. The molecule has 164 valence electrons. The molecule has 3 rings (SSSR count). The summed E-state index contributed by atoms with van der Waals surface area (Å²) in [5.41, 5.74) is -0.840. The Bertz CT molecular complexity index is 819. The van der Waals surface area contributed by atoms with E-state index in [1.165, 1.54) is 12.0 Å². The van der Waals surface area contributed by atoms with Crippen LogP contribution in [0.2, 0.25) is 0 Å². The Morgan fingerprint density at radius 2 is 1.77 bits per heavy atom. The van der Waals surface area contributed by atoms with Gasteiger partial charge in [0.05, 0.1) is 19.3 Å². The summed E-state index contributed by atoms with van der Waals surface area (Å²) in [6.07, 6.45) is -1.39. The molecule has 0 bridgehead atoms. The topological polar surface area (TPSA) is 91.4 Å². The average molecular weight is 419 g/mol. The molecule has 1 aliphatic heterocycles. The van der Waals surface area contributed by atoms with Crippen molar-refractivity contribution in [2.45, 2.75) is 70.6 Å². The average Bonchev–Trinajstić information content (AvgIpc) is 3.28. The van der Waals surface area contributed by atoms with Crippen LogP contribution in [0, 0.1) is 5.92 Å². The van der Waals surface area contributed by atoms with Gasteiger partial charge in [0.1, 0.15) is 23.7 Å². The predicted octanol–water partition coefficient (Wildman–Crippen LogP) is 2.68. The van der Waals surface area contributed by atoms with E-state index in [9.17, 15) is 14.4 Å². The SMILES string of the molecule is COC(=O)[C@@H]1[C@@H](C)O[C@@]2(C)[C@H]([C@@H]2C(=O)OC(C)(C)C)N1C(=O)OCc1ccccc1. The van der Waals surface area contributed by atoms with Crippen molar-refractivity contribution in [3.05, 3.63) is 35.9 Å².